The SMILES string of the molecule is CCNCC.O=C(O)N1CCCCC1. The lowest BCUT2D eigenvalue weighted by Gasteiger charge is -2.22. The second-order valence-corrected chi connectivity index (χ2v) is 3.29. The maximum absolute atomic E-state index is 10.3. The molecule has 84 valence electrons. The molecule has 0 spiro atoms. The van der Waals surface area contributed by atoms with E-state index in [0.717, 1.165) is 39.0 Å². The number of hydrogen-bond donors (Lipinski definition) is 2. The number of piperidine rings is 1. The largest absolute Gasteiger partial charge is 0.465 e. The lowest BCUT2D eigenvalue weighted by molar-refractivity contribution is 0.136. The molecule has 2 N–H and O–H groups in total. The van der Waals surface area contributed by atoms with Gasteiger partial charge in [-0.15, -0.1) is 0 Å². The van der Waals surface area contributed by atoms with Crippen molar-refractivity contribution >= 4 is 6.09 Å². The summed E-state index contributed by atoms with van der Waals surface area (Å²) in [4.78, 5) is 11.8. The van der Waals surface area contributed by atoms with Gasteiger partial charge in [-0.3, -0.25) is 0 Å². The Balaban J connectivity index is 0.000000292. The van der Waals surface area contributed by atoms with Crippen molar-refractivity contribution in [2.75, 3.05) is 26.2 Å². The minimum Gasteiger partial charge on any atom is -0.465 e. The normalized spacial score (nSPS) is 15.7. The molecule has 1 heterocycles. The van der Waals surface area contributed by atoms with Crippen molar-refractivity contribution < 1.29 is 9.90 Å². The first-order valence-corrected chi connectivity index (χ1v) is 5.41. The van der Waals surface area contributed by atoms with Crippen LogP contribution in [0.4, 0.5) is 4.79 Å². The van der Waals surface area contributed by atoms with Gasteiger partial charge in [-0.05, 0) is 32.4 Å². The van der Waals surface area contributed by atoms with Crippen LogP contribution in [0.5, 0.6) is 0 Å². The quantitative estimate of drug-likeness (QED) is 0.717. The minimum absolute atomic E-state index is 0.731. The average molecular weight is 202 g/mol. The Bertz CT molecular complexity index is 143. The van der Waals surface area contributed by atoms with Gasteiger partial charge in [0.1, 0.15) is 0 Å². The number of carbonyl (C=O) groups is 1. The summed E-state index contributed by atoms with van der Waals surface area (Å²) < 4.78 is 0. The van der Waals surface area contributed by atoms with Crippen molar-refractivity contribution in [1.29, 1.82) is 0 Å². The zero-order valence-corrected chi connectivity index (χ0v) is 9.25. The van der Waals surface area contributed by atoms with E-state index >= 15 is 0 Å². The van der Waals surface area contributed by atoms with Gasteiger partial charge >= 0.3 is 6.09 Å². The Kier molecular flexibility index (Phi) is 8.33. The van der Waals surface area contributed by atoms with E-state index in [1.807, 2.05) is 0 Å². The van der Waals surface area contributed by atoms with Crippen molar-refractivity contribution in [2.45, 2.75) is 33.1 Å². The molecule has 4 heteroatoms. The summed E-state index contributed by atoms with van der Waals surface area (Å²) in [7, 11) is 0. The number of amides is 1. The molecule has 1 fully saturated rings. The summed E-state index contributed by atoms with van der Waals surface area (Å²) >= 11 is 0. The van der Waals surface area contributed by atoms with Crippen LogP contribution in [0.25, 0.3) is 0 Å². The first-order valence-electron chi connectivity index (χ1n) is 5.41. The third kappa shape index (κ3) is 6.71. The molecule has 0 saturated carbocycles. The van der Waals surface area contributed by atoms with Crippen molar-refractivity contribution in [3.63, 3.8) is 0 Å². The molecule has 0 aromatic heterocycles. The molecule has 4 nitrogen and oxygen atoms in total. The fourth-order valence-electron chi connectivity index (χ4n) is 1.34. The van der Waals surface area contributed by atoms with Gasteiger partial charge < -0.3 is 15.3 Å². The highest BCUT2D eigenvalue weighted by Crippen LogP contribution is 2.07. The van der Waals surface area contributed by atoms with E-state index < -0.39 is 6.09 Å². The molecule has 0 aromatic carbocycles. The first-order chi connectivity index (χ1) is 6.72. The Morgan fingerprint density at radius 2 is 1.71 bits per heavy atom. The number of nitrogens with one attached hydrogen (secondary N) is 1. The van der Waals surface area contributed by atoms with E-state index in [2.05, 4.69) is 19.2 Å². The Hall–Kier alpha value is -0.770. The van der Waals surface area contributed by atoms with E-state index in [4.69, 9.17) is 5.11 Å². The maximum atomic E-state index is 10.3. The summed E-state index contributed by atoms with van der Waals surface area (Å²) in [5.41, 5.74) is 0. The molecular formula is C10H22N2O2. The Labute approximate surface area is 86.3 Å². The summed E-state index contributed by atoms with van der Waals surface area (Å²) in [6, 6.07) is 0. The molecule has 1 aliphatic heterocycles. The zero-order chi connectivity index (χ0) is 10.8. The molecule has 0 unspecified atom stereocenters. The van der Waals surface area contributed by atoms with Gasteiger partial charge in [0.25, 0.3) is 0 Å². The lowest BCUT2D eigenvalue weighted by atomic mass is 10.1. The van der Waals surface area contributed by atoms with Gasteiger partial charge in [0, 0.05) is 13.1 Å². The smallest absolute Gasteiger partial charge is 0.407 e. The van der Waals surface area contributed by atoms with Gasteiger partial charge in [-0.1, -0.05) is 13.8 Å². The Morgan fingerprint density at radius 3 is 1.93 bits per heavy atom. The Morgan fingerprint density at radius 1 is 1.21 bits per heavy atom. The van der Waals surface area contributed by atoms with Gasteiger partial charge in [-0.2, -0.15) is 0 Å². The van der Waals surface area contributed by atoms with Gasteiger partial charge in [0.2, 0.25) is 0 Å². The van der Waals surface area contributed by atoms with Crippen LogP contribution in [0, 0.1) is 0 Å². The monoisotopic (exact) mass is 202 g/mol. The molecule has 0 bridgehead atoms. The van der Waals surface area contributed by atoms with E-state index in [1.165, 1.54) is 11.3 Å². The third-order valence-corrected chi connectivity index (χ3v) is 2.13. The second-order valence-electron chi connectivity index (χ2n) is 3.29. The van der Waals surface area contributed by atoms with E-state index in [0.29, 0.717) is 0 Å². The zero-order valence-electron chi connectivity index (χ0n) is 9.25. The molecule has 0 aromatic rings. The van der Waals surface area contributed by atoms with Gasteiger partial charge in [-0.25, -0.2) is 4.79 Å². The molecule has 0 atom stereocenters. The lowest BCUT2D eigenvalue weighted by Crippen LogP contribution is -2.34. The highest BCUT2D eigenvalue weighted by atomic mass is 16.4. The predicted molar refractivity (Wildman–Crippen MR) is 57.7 cm³/mol. The van der Waals surface area contributed by atoms with Crippen LogP contribution in [0.3, 0.4) is 0 Å². The number of nitrogens with zero attached hydrogens (tertiary/aromatic N) is 1. The van der Waals surface area contributed by atoms with Crippen molar-refractivity contribution in [1.82, 2.24) is 10.2 Å². The number of carboxylic acid groups (broad SMARTS) is 1. The molecule has 1 rings (SSSR count). The number of likely N-dealkylation sites (tertiary alicyclic amines) is 1. The summed E-state index contributed by atoms with van der Waals surface area (Å²) in [6.45, 7) is 7.85. The fourth-order valence-corrected chi connectivity index (χ4v) is 1.34. The maximum Gasteiger partial charge on any atom is 0.407 e. The van der Waals surface area contributed by atoms with Crippen molar-refractivity contribution in [3.05, 3.63) is 0 Å². The number of rotatable bonds is 2. The topological polar surface area (TPSA) is 52.6 Å². The van der Waals surface area contributed by atoms with E-state index in [9.17, 15) is 4.79 Å². The molecule has 0 radical (unpaired) electrons. The summed E-state index contributed by atoms with van der Waals surface area (Å²) in [6.07, 6.45) is 2.48. The second kappa shape index (κ2) is 8.81. The highest BCUT2D eigenvalue weighted by molar-refractivity contribution is 5.64. The van der Waals surface area contributed by atoms with E-state index in [1.54, 1.807) is 0 Å². The molecule has 1 aliphatic rings. The third-order valence-electron chi connectivity index (χ3n) is 2.13. The number of hydrogen-bond acceptors (Lipinski definition) is 2. The highest BCUT2D eigenvalue weighted by Gasteiger charge is 2.13. The van der Waals surface area contributed by atoms with Gasteiger partial charge in [0.05, 0.1) is 0 Å². The predicted octanol–water partition coefficient (Wildman–Crippen LogP) is 1.77. The van der Waals surface area contributed by atoms with Crippen LogP contribution in [-0.2, 0) is 0 Å². The van der Waals surface area contributed by atoms with Crippen LogP contribution in [0.1, 0.15) is 33.1 Å². The van der Waals surface area contributed by atoms with Crippen LogP contribution < -0.4 is 5.32 Å². The summed E-state index contributed by atoms with van der Waals surface area (Å²) in [5.74, 6) is 0. The molecule has 14 heavy (non-hydrogen) atoms. The molecule has 1 amide bonds. The minimum atomic E-state index is -0.769. The fraction of sp³-hybridized carbons (Fsp3) is 0.900. The van der Waals surface area contributed by atoms with Crippen LogP contribution in [0.15, 0.2) is 0 Å². The van der Waals surface area contributed by atoms with E-state index in [-0.39, 0.29) is 0 Å². The standard InChI is InChI=1S/C6H11NO2.C4H11N/c8-6(9)7-4-2-1-3-5-7;1-3-5-4-2/h1-5H2,(H,8,9);5H,3-4H2,1-2H3. The van der Waals surface area contributed by atoms with Crippen molar-refractivity contribution in [2.24, 2.45) is 0 Å². The average Bonchev–Trinajstić information content (AvgIpc) is 2.21. The first kappa shape index (κ1) is 13.2. The molecule has 0 aliphatic carbocycles. The summed E-state index contributed by atoms with van der Waals surface area (Å²) in [5, 5.41) is 11.6. The van der Waals surface area contributed by atoms with Gasteiger partial charge in [0.15, 0.2) is 0 Å². The van der Waals surface area contributed by atoms with Crippen molar-refractivity contribution in [3.8, 4) is 0 Å². The van der Waals surface area contributed by atoms with Crippen LogP contribution >= 0.6 is 0 Å². The molecule has 1 saturated heterocycles. The van der Waals surface area contributed by atoms with Crippen LogP contribution in [0.2, 0.25) is 0 Å². The molecular weight excluding hydrogens is 180 g/mol. The van der Waals surface area contributed by atoms with Crippen LogP contribution in [-0.4, -0.2) is 42.3 Å².